The second-order valence-electron chi connectivity index (χ2n) is 4.47. The molecule has 2 rings (SSSR count). The molecule has 0 radical (unpaired) electrons. The van der Waals surface area contributed by atoms with Crippen molar-refractivity contribution in [3.63, 3.8) is 0 Å². The fourth-order valence-corrected chi connectivity index (χ4v) is 2.13. The summed E-state index contributed by atoms with van der Waals surface area (Å²) in [6.07, 6.45) is 2.09. The quantitative estimate of drug-likeness (QED) is 0.826. The van der Waals surface area contributed by atoms with Gasteiger partial charge in [0.15, 0.2) is 0 Å². The van der Waals surface area contributed by atoms with E-state index in [1.54, 1.807) is 0 Å². The molecular weight excluding hydrogens is 214 g/mol. The Bertz CT molecular complexity index is 506. The molecule has 1 atom stereocenters. The number of likely N-dealkylation sites (N-methyl/N-ethyl adjacent to an activating group) is 1. The van der Waals surface area contributed by atoms with E-state index in [-0.39, 0.29) is 12.6 Å². The van der Waals surface area contributed by atoms with Crippen LogP contribution in [-0.4, -0.2) is 35.9 Å². The highest BCUT2D eigenvalue weighted by molar-refractivity contribution is 5.93. The third-order valence-electron chi connectivity index (χ3n) is 3.03. The van der Waals surface area contributed by atoms with Gasteiger partial charge in [0, 0.05) is 43.8 Å². The van der Waals surface area contributed by atoms with Gasteiger partial charge in [-0.25, -0.2) is 0 Å². The van der Waals surface area contributed by atoms with Crippen molar-refractivity contribution in [2.24, 2.45) is 12.8 Å². The van der Waals surface area contributed by atoms with Gasteiger partial charge < -0.3 is 20.3 Å². The molecule has 1 aromatic carbocycles. The third kappa shape index (κ3) is 2.28. The Morgan fingerprint density at radius 2 is 2.12 bits per heavy atom. The van der Waals surface area contributed by atoms with Crippen LogP contribution in [-0.2, 0) is 7.05 Å². The molecule has 0 aliphatic carbocycles. The van der Waals surface area contributed by atoms with Gasteiger partial charge >= 0.3 is 0 Å². The molecule has 1 aromatic heterocycles. The van der Waals surface area contributed by atoms with Crippen LogP contribution < -0.4 is 10.6 Å². The predicted molar refractivity (Wildman–Crippen MR) is 71.3 cm³/mol. The van der Waals surface area contributed by atoms with Crippen LogP contribution in [0.5, 0.6) is 0 Å². The van der Waals surface area contributed by atoms with Crippen molar-refractivity contribution in [2.45, 2.75) is 6.04 Å². The number of hydrogen-bond acceptors (Lipinski definition) is 3. The molecule has 0 amide bonds. The van der Waals surface area contributed by atoms with Crippen molar-refractivity contribution < 1.29 is 5.11 Å². The molecule has 0 aliphatic rings. The molecule has 0 spiro atoms. The Kier molecular flexibility index (Phi) is 3.36. The topological polar surface area (TPSA) is 54.4 Å². The molecule has 1 unspecified atom stereocenters. The van der Waals surface area contributed by atoms with Crippen LogP contribution in [0.1, 0.15) is 0 Å². The van der Waals surface area contributed by atoms with Crippen LogP contribution >= 0.6 is 0 Å². The second kappa shape index (κ2) is 4.77. The van der Waals surface area contributed by atoms with Gasteiger partial charge in [-0.15, -0.1) is 0 Å². The first-order valence-electron chi connectivity index (χ1n) is 5.75. The Morgan fingerprint density at radius 3 is 2.82 bits per heavy atom. The molecule has 0 saturated heterocycles. The molecule has 1 heterocycles. The summed E-state index contributed by atoms with van der Waals surface area (Å²) in [7, 11) is 4.03. The minimum Gasteiger partial charge on any atom is -0.395 e. The summed E-state index contributed by atoms with van der Waals surface area (Å²) in [6, 6.07) is 8.06. The lowest BCUT2D eigenvalue weighted by Crippen LogP contribution is -2.37. The maximum atomic E-state index is 8.99. The summed E-state index contributed by atoms with van der Waals surface area (Å²) in [6.45, 7) is 0.652. The number of aryl methyl sites for hydroxylation is 1. The number of fused-ring (bicyclic) bond motifs is 1. The number of aromatic nitrogens is 1. The summed E-state index contributed by atoms with van der Waals surface area (Å²) < 4.78 is 2.10. The maximum absolute atomic E-state index is 8.99. The summed E-state index contributed by atoms with van der Waals surface area (Å²) in [5, 5.41) is 10.2. The Labute approximate surface area is 101 Å². The van der Waals surface area contributed by atoms with Gasteiger partial charge in [0.25, 0.3) is 0 Å². The normalized spacial score (nSPS) is 12.9. The van der Waals surface area contributed by atoms with E-state index >= 15 is 0 Å². The van der Waals surface area contributed by atoms with E-state index in [1.165, 1.54) is 10.9 Å². The average molecular weight is 233 g/mol. The molecule has 4 nitrogen and oxygen atoms in total. The molecule has 3 N–H and O–H groups in total. The third-order valence-corrected chi connectivity index (χ3v) is 3.03. The zero-order valence-corrected chi connectivity index (χ0v) is 10.3. The van der Waals surface area contributed by atoms with Gasteiger partial charge in [0.05, 0.1) is 12.3 Å². The molecule has 17 heavy (non-hydrogen) atoms. The molecule has 0 aliphatic heterocycles. The molecule has 0 saturated carbocycles. The van der Waals surface area contributed by atoms with Crippen molar-refractivity contribution in [3.8, 4) is 0 Å². The van der Waals surface area contributed by atoms with Gasteiger partial charge in [0.1, 0.15) is 0 Å². The number of anilines is 1. The van der Waals surface area contributed by atoms with E-state index < -0.39 is 0 Å². The number of rotatable bonds is 4. The first kappa shape index (κ1) is 12.0. The summed E-state index contributed by atoms with van der Waals surface area (Å²) in [4.78, 5) is 2.09. The maximum Gasteiger partial charge on any atom is 0.0623 e. The number of hydrogen-bond donors (Lipinski definition) is 2. The highest BCUT2D eigenvalue weighted by Gasteiger charge is 2.12. The Morgan fingerprint density at radius 1 is 1.41 bits per heavy atom. The number of aliphatic hydroxyl groups is 1. The molecular formula is C13H19N3O. The van der Waals surface area contributed by atoms with Crippen molar-refractivity contribution in [2.75, 3.05) is 25.1 Å². The number of benzene rings is 1. The van der Waals surface area contributed by atoms with Crippen LogP contribution in [0.25, 0.3) is 10.9 Å². The van der Waals surface area contributed by atoms with Crippen molar-refractivity contribution in [1.29, 1.82) is 0 Å². The molecule has 0 fully saturated rings. The Hall–Kier alpha value is -1.52. The highest BCUT2D eigenvalue weighted by atomic mass is 16.3. The molecule has 4 heteroatoms. The molecule has 0 bridgehead atoms. The van der Waals surface area contributed by atoms with Crippen molar-refractivity contribution in [1.82, 2.24) is 4.57 Å². The zero-order chi connectivity index (χ0) is 12.4. The standard InChI is InChI=1S/C13H19N3O/c1-15(7-10(14)9-17)13-8-16(2)12-6-4-3-5-11(12)13/h3-6,8,10,17H,7,9,14H2,1-2H3. The first-order chi connectivity index (χ1) is 8.13. The number of aliphatic hydroxyl groups excluding tert-OH is 1. The SMILES string of the molecule is CN(CC(N)CO)c1cn(C)c2ccccc12. The minimum atomic E-state index is -0.209. The average Bonchev–Trinajstić information content (AvgIpc) is 2.67. The second-order valence-corrected chi connectivity index (χ2v) is 4.47. The molecule has 2 aromatic rings. The molecule has 92 valence electrons. The summed E-state index contributed by atoms with van der Waals surface area (Å²) >= 11 is 0. The largest absolute Gasteiger partial charge is 0.395 e. The van der Waals surface area contributed by atoms with Gasteiger partial charge in [-0.2, -0.15) is 0 Å². The number of para-hydroxylation sites is 1. The van der Waals surface area contributed by atoms with Gasteiger partial charge in [0.2, 0.25) is 0 Å². The van der Waals surface area contributed by atoms with Gasteiger partial charge in [-0.3, -0.25) is 0 Å². The van der Waals surface area contributed by atoms with Crippen LogP contribution in [0.4, 0.5) is 5.69 Å². The fourth-order valence-electron chi connectivity index (χ4n) is 2.13. The first-order valence-corrected chi connectivity index (χ1v) is 5.75. The van der Waals surface area contributed by atoms with Crippen LogP contribution in [0.3, 0.4) is 0 Å². The monoisotopic (exact) mass is 233 g/mol. The summed E-state index contributed by atoms with van der Waals surface area (Å²) in [5.41, 5.74) is 8.11. The zero-order valence-electron chi connectivity index (χ0n) is 10.3. The van der Waals surface area contributed by atoms with E-state index in [0.29, 0.717) is 6.54 Å². The van der Waals surface area contributed by atoms with Crippen LogP contribution in [0.15, 0.2) is 30.5 Å². The number of nitrogens with zero attached hydrogens (tertiary/aromatic N) is 2. The summed E-state index contributed by atoms with van der Waals surface area (Å²) in [5.74, 6) is 0. The smallest absolute Gasteiger partial charge is 0.0623 e. The van der Waals surface area contributed by atoms with E-state index in [1.807, 2.05) is 26.2 Å². The lowest BCUT2D eigenvalue weighted by Gasteiger charge is -2.21. The Balaban J connectivity index is 2.35. The van der Waals surface area contributed by atoms with E-state index in [9.17, 15) is 0 Å². The van der Waals surface area contributed by atoms with Crippen molar-refractivity contribution in [3.05, 3.63) is 30.5 Å². The van der Waals surface area contributed by atoms with E-state index in [2.05, 4.69) is 27.8 Å². The highest BCUT2D eigenvalue weighted by Crippen LogP contribution is 2.27. The van der Waals surface area contributed by atoms with Gasteiger partial charge in [-0.1, -0.05) is 18.2 Å². The predicted octanol–water partition coefficient (Wildman–Crippen LogP) is 0.934. The lowest BCUT2D eigenvalue weighted by molar-refractivity contribution is 0.267. The fraction of sp³-hybridized carbons (Fsp3) is 0.385. The van der Waals surface area contributed by atoms with Gasteiger partial charge in [-0.05, 0) is 6.07 Å². The lowest BCUT2D eigenvalue weighted by atomic mass is 10.2. The van der Waals surface area contributed by atoms with Crippen LogP contribution in [0, 0.1) is 0 Å². The minimum absolute atomic E-state index is 0.00903. The number of nitrogens with two attached hydrogens (primary N) is 1. The van der Waals surface area contributed by atoms with Crippen molar-refractivity contribution >= 4 is 16.6 Å². The van der Waals surface area contributed by atoms with E-state index in [0.717, 1.165) is 5.69 Å². The van der Waals surface area contributed by atoms with E-state index in [4.69, 9.17) is 10.8 Å². The van der Waals surface area contributed by atoms with Crippen LogP contribution in [0.2, 0.25) is 0 Å².